The van der Waals surface area contributed by atoms with E-state index in [4.69, 9.17) is 10.00 Å². The number of carbonyl (C=O) groups excluding carboxylic acids is 1. The summed E-state index contributed by atoms with van der Waals surface area (Å²) in [5.74, 6) is -0.647. The Balaban J connectivity index is 2.49. The fourth-order valence-corrected chi connectivity index (χ4v) is 1.29. The van der Waals surface area contributed by atoms with Gasteiger partial charge in [0, 0.05) is 6.42 Å². The number of nitrogens with zero attached hydrogens (tertiary/aromatic N) is 1. The van der Waals surface area contributed by atoms with Gasteiger partial charge in [0.25, 0.3) is 0 Å². The molecular formula is C13H13NO2. The summed E-state index contributed by atoms with van der Waals surface area (Å²) in [6.07, 6.45) is 0.366. The van der Waals surface area contributed by atoms with Gasteiger partial charge in [0.1, 0.15) is 17.7 Å². The van der Waals surface area contributed by atoms with Crippen LogP contribution in [-0.2, 0) is 16.0 Å². The van der Waals surface area contributed by atoms with Gasteiger partial charge in [0.15, 0.2) is 0 Å². The summed E-state index contributed by atoms with van der Waals surface area (Å²) in [5.41, 5.74) is 0.922. The van der Waals surface area contributed by atoms with Crippen molar-refractivity contribution in [1.29, 1.82) is 5.26 Å². The molecule has 0 aromatic heterocycles. The summed E-state index contributed by atoms with van der Waals surface area (Å²) < 4.78 is 5.05. The molecule has 16 heavy (non-hydrogen) atoms. The Morgan fingerprint density at radius 1 is 1.50 bits per heavy atom. The largest absolute Gasteiger partial charge is 0.458 e. The van der Waals surface area contributed by atoms with Crippen LogP contribution in [0.1, 0.15) is 12.5 Å². The molecular weight excluding hydrogens is 202 g/mol. The molecule has 0 aliphatic carbocycles. The van der Waals surface area contributed by atoms with E-state index in [0.29, 0.717) is 6.42 Å². The van der Waals surface area contributed by atoms with Gasteiger partial charge >= 0.3 is 5.97 Å². The molecule has 1 aromatic carbocycles. The van der Waals surface area contributed by atoms with Crippen molar-refractivity contribution in [2.24, 2.45) is 0 Å². The van der Waals surface area contributed by atoms with Gasteiger partial charge < -0.3 is 4.74 Å². The Hall–Kier alpha value is -2.08. The molecule has 1 aromatic rings. The van der Waals surface area contributed by atoms with E-state index in [9.17, 15) is 4.79 Å². The number of hydrogen-bond donors (Lipinski definition) is 0. The standard InChI is InChI=1S/C13H13NO2/c1-10(9-14)13(15)16-11(2)8-12-6-4-3-5-7-12/h3-7,11H,1,8H2,2H3. The van der Waals surface area contributed by atoms with Gasteiger partial charge in [-0.1, -0.05) is 36.9 Å². The summed E-state index contributed by atoms with van der Waals surface area (Å²) in [4.78, 5) is 11.2. The van der Waals surface area contributed by atoms with E-state index in [1.807, 2.05) is 30.3 Å². The third-order valence-corrected chi connectivity index (χ3v) is 2.06. The van der Waals surface area contributed by atoms with E-state index in [1.54, 1.807) is 13.0 Å². The van der Waals surface area contributed by atoms with Gasteiger partial charge in [0.05, 0.1) is 0 Å². The minimum absolute atomic E-state index is 0.167. The van der Waals surface area contributed by atoms with E-state index in [0.717, 1.165) is 5.56 Å². The zero-order valence-electron chi connectivity index (χ0n) is 9.14. The summed E-state index contributed by atoms with van der Waals surface area (Å²) in [6.45, 7) is 5.08. The second-order valence-electron chi connectivity index (χ2n) is 3.50. The monoisotopic (exact) mass is 215 g/mol. The Labute approximate surface area is 95.0 Å². The topological polar surface area (TPSA) is 50.1 Å². The van der Waals surface area contributed by atoms with E-state index in [1.165, 1.54) is 0 Å². The molecule has 0 aliphatic rings. The van der Waals surface area contributed by atoms with Gasteiger partial charge in [-0.15, -0.1) is 0 Å². The molecule has 0 bridgehead atoms. The number of nitriles is 1. The Morgan fingerprint density at radius 2 is 2.12 bits per heavy atom. The second-order valence-corrected chi connectivity index (χ2v) is 3.50. The van der Waals surface area contributed by atoms with E-state index in [-0.39, 0.29) is 11.7 Å². The van der Waals surface area contributed by atoms with Crippen LogP contribution in [0.3, 0.4) is 0 Å². The number of benzene rings is 1. The van der Waals surface area contributed by atoms with Crippen LogP contribution in [0.4, 0.5) is 0 Å². The molecule has 0 heterocycles. The Kier molecular flexibility index (Phi) is 4.28. The van der Waals surface area contributed by atoms with Crippen molar-refractivity contribution in [2.75, 3.05) is 0 Å². The minimum atomic E-state index is -0.647. The first-order valence-electron chi connectivity index (χ1n) is 4.97. The molecule has 0 spiro atoms. The van der Waals surface area contributed by atoms with Gasteiger partial charge in [-0.2, -0.15) is 5.26 Å². The maximum Gasteiger partial charge on any atom is 0.348 e. The van der Waals surface area contributed by atoms with Crippen LogP contribution in [0.15, 0.2) is 42.5 Å². The van der Waals surface area contributed by atoms with E-state index in [2.05, 4.69) is 6.58 Å². The van der Waals surface area contributed by atoms with Crippen LogP contribution in [-0.4, -0.2) is 12.1 Å². The number of rotatable bonds is 4. The first kappa shape index (κ1) is 12.0. The highest BCUT2D eigenvalue weighted by molar-refractivity contribution is 5.92. The van der Waals surface area contributed by atoms with E-state index < -0.39 is 5.97 Å². The highest BCUT2D eigenvalue weighted by Gasteiger charge is 2.12. The van der Waals surface area contributed by atoms with Gasteiger partial charge in [-0.25, -0.2) is 4.79 Å². The molecule has 0 N–H and O–H groups in total. The SMILES string of the molecule is C=C(C#N)C(=O)OC(C)Cc1ccccc1. The van der Waals surface area contributed by atoms with Crippen molar-refractivity contribution in [3.63, 3.8) is 0 Å². The summed E-state index contributed by atoms with van der Waals surface area (Å²) in [6, 6.07) is 11.4. The Bertz CT molecular complexity index is 417. The zero-order chi connectivity index (χ0) is 12.0. The third-order valence-electron chi connectivity index (χ3n) is 2.06. The highest BCUT2D eigenvalue weighted by Crippen LogP contribution is 2.07. The number of esters is 1. The molecule has 3 nitrogen and oxygen atoms in total. The van der Waals surface area contributed by atoms with Crippen LogP contribution >= 0.6 is 0 Å². The molecule has 0 aliphatic heterocycles. The summed E-state index contributed by atoms with van der Waals surface area (Å²) in [5, 5.41) is 8.46. The lowest BCUT2D eigenvalue weighted by molar-refractivity contribution is -0.142. The smallest absolute Gasteiger partial charge is 0.348 e. The number of carbonyl (C=O) groups is 1. The third kappa shape index (κ3) is 3.58. The summed E-state index contributed by atoms with van der Waals surface area (Å²) in [7, 11) is 0. The lowest BCUT2D eigenvalue weighted by Crippen LogP contribution is -2.17. The van der Waals surface area contributed by atoms with Crippen LogP contribution in [0.5, 0.6) is 0 Å². The van der Waals surface area contributed by atoms with Gasteiger partial charge in [0.2, 0.25) is 0 Å². The van der Waals surface area contributed by atoms with Crippen molar-refractivity contribution in [1.82, 2.24) is 0 Å². The quantitative estimate of drug-likeness (QED) is 0.439. The number of ether oxygens (including phenoxy) is 1. The molecule has 3 heteroatoms. The van der Waals surface area contributed by atoms with Crippen LogP contribution < -0.4 is 0 Å². The highest BCUT2D eigenvalue weighted by atomic mass is 16.5. The van der Waals surface area contributed by atoms with Crippen LogP contribution in [0.2, 0.25) is 0 Å². The molecule has 1 unspecified atom stereocenters. The molecule has 0 radical (unpaired) electrons. The second kappa shape index (κ2) is 5.72. The van der Waals surface area contributed by atoms with Gasteiger partial charge in [-0.05, 0) is 12.5 Å². The molecule has 0 amide bonds. The predicted molar refractivity (Wildman–Crippen MR) is 60.5 cm³/mol. The fraction of sp³-hybridized carbons (Fsp3) is 0.231. The predicted octanol–water partition coefficient (Wildman–Crippen LogP) is 2.24. The first-order chi connectivity index (χ1) is 7.63. The molecule has 1 atom stereocenters. The minimum Gasteiger partial charge on any atom is -0.458 e. The summed E-state index contributed by atoms with van der Waals surface area (Å²) >= 11 is 0. The van der Waals surface area contributed by atoms with Crippen molar-refractivity contribution >= 4 is 5.97 Å². The average molecular weight is 215 g/mol. The lowest BCUT2D eigenvalue weighted by atomic mass is 10.1. The normalized spacial score (nSPS) is 11.2. The van der Waals surface area contributed by atoms with Gasteiger partial charge in [-0.3, -0.25) is 0 Å². The molecule has 0 fully saturated rings. The van der Waals surface area contributed by atoms with Crippen LogP contribution in [0, 0.1) is 11.3 Å². The number of hydrogen-bond acceptors (Lipinski definition) is 3. The fourth-order valence-electron chi connectivity index (χ4n) is 1.29. The maximum atomic E-state index is 11.2. The van der Waals surface area contributed by atoms with Crippen molar-refractivity contribution in [3.8, 4) is 6.07 Å². The van der Waals surface area contributed by atoms with Crippen LogP contribution in [0.25, 0.3) is 0 Å². The van der Waals surface area contributed by atoms with Crippen molar-refractivity contribution in [2.45, 2.75) is 19.4 Å². The van der Waals surface area contributed by atoms with E-state index >= 15 is 0 Å². The first-order valence-corrected chi connectivity index (χ1v) is 4.97. The molecule has 1 rings (SSSR count). The molecule has 82 valence electrons. The average Bonchev–Trinajstić information content (AvgIpc) is 2.29. The van der Waals surface area contributed by atoms with Crippen molar-refractivity contribution < 1.29 is 9.53 Å². The molecule has 0 saturated heterocycles. The molecule has 0 saturated carbocycles. The van der Waals surface area contributed by atoms with Crippen molar-refractivity contribution in [3.05, 3.63) is 48.0 Å². The maximum absolute atomic E-state index is 11.2. The Morgan fingerprint density at radius 3 is 2.69 bits per heavy atom. The lowest BCUT2D eigenvalue weighted by Gasteiger charge is -2.12. The zero-order valence-corrected chi connectivity index (χ0v) is 9.14.